The van der Waals surface area contributed by atoms with E-state index in [9.17, 15) is 14.0 Å². The fourth-order valence-electron chi connectivity index (χ4n) is 2.50. The Labute approximate surface area is 154 Å². The molecule has 0 fully saturated rings. The van der Waals surface area contributed by atoms with Crippen LogP contribution in [0.2, 0.25) is 0 Å². The molecule has 1 heterocycles. The average molecular weight is 368 g/mol. The summed E-state index contributed by atoms with van der Waals surface area (Å²) in [6.45, 7) is 3.52. The number of amides is 2. The molecule has 3 rings (SSSR count). The number of nitrogens with zero attached hydrogens (tertiary/aromatic N) is 1. The van der Waals surface area contributed by atoms with Crippen LogP contribution in [0.3, 0.4) is 0 Å². The molecule has 0 unspecified atom stereocenters. The first kappa shape index (κ1) is 18.3. The number of rotatable bonds is 4. The van der Waals surface area contributed by atoms with Gasteiger partial charge in [-0.3, -0.25) is 14.9 Å². The minimum Gasteiger partial charge on any atom is -0.490 e. The molecule has 1 aromatic heterocycles. The molecule has 2 amide bonds. The van der Waals surface area contributed by atoms with Crippen LogP contribution in [-0.4, -0.2) is 18.4 Å². The Bertz CT molecular complexity index is 1070. The lowest BCUT2D eigenvalue weighted by molar-refractivity contribution is -0.118. The molecule has 6 nitrogen and oxygen atoms in total. The lowest BCUT2D eigenvalue weighted by atomic mass is 10.1. The van der Waals surface area contributed by atoms with E-state index >= 15 is 0 Å². The Kier molecular flexibility index (Phi) is 5.30. The van der Waals surface area contributed by atoms with E-state index in [1.165, 1.54) is 31.2 Å². The molecule has 0 radical (unpaired) electrons. The topological polar surface area (TPSA) is 80.9 Å². The number of hydrogen-bond acceptors (Lipinski definition) is 5. The maximum absolute atomic E-state index is 13.1. The third kappa shape index (κ3) is 4.20. The molecular formula is C20H17FN2O4. The summed E-state index contributed by atoms with van der Waals surface area (Å²) in [4.78, 5) is 28.0. The molecule has 0 atom stereocenters. The van der Waals surface area contributed by atoms with Crippen molar-refractivity contribution in [2.24, 2.45) is 4.99 Å². The molecule has 27 heavy (non-hydrogen) atoms. The molecule has 7 heteroatoms. The number of fused-ring (bicyclic) bond motifs is 1. The summed E-state index contributed by atoms with van der Waals surface area (Å²) in [5, 5.41) is 2.83. The van der Waals surface area contributed by atoms with Gasteiger partial charge in [-0.15, -0.1) is 0 Å². The van der Waals surface area contributed by atoms with Crippen LogP contribution in [0.4, 0.5) is 10.1 Å². The summed E-state index contributed by atoms with van der Waals surface area (Å²) >= 11 is 0. The van der Waals surface area contributed by atoms with Gasteiger partial charge in [0, 0.05) is 12.3 Å². The first-order chi connectivity index (χ1) is 13.0. The average Bonchev–Trinajstić information content (AvgIpc) is 2.63. The standard InChI is InChI=1S/C20H17FN2O4/c1-3-26-17-6-4-5-13-11-16(19(25)22-12(2)24)20(27-18(13)17)23-15-9-7-14(21)8-10-15/h4-11H,3H2,1-2H3,(H,22,24,25). The van der Waals surface area contributed by atoms with Crippen LogP contribution in [0.15, 0.2) is 57.9 Å². The molecule has 1 N–H and O–H groups in total. The van der Waals surface area contributed by atoms with Crippen LogP contribution in [0, 0.1) is 5.82 Å². The minimum atomic E-state index is -0.643. The number of imide groups is 1. The van der Waals surface area contributed by atoms with Gasteiger partial charge in [0.25, 0.3) is 5.91 Å². The molecule has 0 saturated heterocycles. The van der Waals surface area contributed by atoms with E-state index < -0.39 is 17.6 Å². The number of hydrogen-bond donors (Lipinski definition) is 1. The van der Waals surface area contributed by atoms with Gasteiger partial charge in [0.2, 0.25) is 11.5 Å². The molecule has 0 aliphatic carbocycles. The van der Waals surface area contributed by atoms with Crippen molar-refractivity contribution in [2.75, 3.05) is 6.61 Å². The highest BCUT2D eigenvalue weighted by molar-refractivity contribution is 6.05. The number of carbonyl (C=O) groups is 2. The number of para-hydroxylation sites is 1. The zero-order valence-electron chi connectivity index (χ0n) is 14.8. The van der Waals surface area contributed by atoms with Crippen LogP contribution in [0.1, 0.15) is 24.2 Å². The molecule has 0 aliphatic rings. The summed E-state index contributed by atoms with van der Waals surface area (Å²) in [5.74, 6) is -1.05. The number of benzene rings is 2. The first-order valence-electron chi connectivity index (χ1n) is 8.30. The van der Waals surface area contributed by atoms with Gasteiger partial charge in [0.05, 0.1) is 12.3 Å². The molecular weight excluding hydrogens is 351 g/mol. The first-order valence-corrected chi connectivity index (χ1v) is 8.30. The maximum atomic E-state index is 13.1. The van der Waals surface area contributed by atoms with E-state index in [0.29, 0.717) is 29.0 Å². The van der Waals surface area contributed by atoms with Gasteiger partial charge < -0.3 is 9.15 Å². The second-order valence-corrected chi connectivity index (χ2v) is 5.67. The van der Waals surface area contributed by atoms with E-state index in [2.05, 4.69) is 10.3 Å². The fraction of sp³-hybridized carbons (Fsp3) is 0.150. The summed E-state index contributed by atoms with van der Waals surface area (Å²) < 4.78 is 24.6. The van der Waals surface area contributed by atoms with Gasteiger partial charge in [-0.25, -0.2) is 9.38 Å². The van der Waals surface area contributed by atoms with Crippen LogP contribution < -0.4 is 15.6 Å². The molecule has 138 valence electrons. The van der Waals surface area contributed by atoms with E-state index in [0.717, 1.165) is 0 Å². The molecule has 0 saturated carbocycles. The Morgan fingerprint density at radius 2 is 1.93 bits per heavy atom. The Morgan fingerprint density at radius 3 is 2.59 bits per heavy atom. The summed E-state index contributed by atoms with van der Waals surface area (Å²) in [5.41, 5.74) is 0.875. The number of ether oxygens (including phenoxy) is 1. The molecule has 2 aromatic carbocycles. The zero-order valence-corrected chi connectivity index (χ0v) is 14.8. The summed E-state index contributed by atoms with van der Waals surface area (Å²) in [7, 11) is 0. The lowest BCUT2D eigenvalue weighted by Gasteiger charge is -2.08. The maximum Gasteiger partial charge on any atom is 0.263 e. The smallest absolute Gasteiger partial charge is 0.263 e. The van der Waals surface area contributed by atoms with Crippen molar-refractivity contribution in [3.05, 3.63) is 65.5 Å². The number of halogens is 1. The van der Waals surface area contributed by atoms with Crippen molar-refractivity contribution in [1.29, 1.82) is 0 Å². The van der Waals surface area contributed by atoms with Crippen molar-refractivity contribution in [2.45, 2.75) is 13.8 Å². The normalized spacial score (nSPS) is 11.4. The quantitative estimate of drug-likeness (QED) is 0.764. The minimum absolute atomic E-state index is 0.0139. The summed E-state index contributed by atoms with van der Waals surface area (Å²) in [6, 6.07) is 12.3. The lowest BCUT2D eigenvalue weighted by Crippen LogP contribution is -2.32. The third-order valence-electron chi connectivity index (χ3n) is 3.63. The van der Waals surface area contributed by atoms with E-state index in [1.54, 1.807) is 24.3 Å². The monoisotopic (exact) mass is 368 g/mol. The molecule has 3 aromatic rings. The van der Waals surface area contributed by atoms with Gasteiger partial charge in [0.1, 0.15) is 11.4 Å². The molecule has 0 aliphatic heterocycles. The highest BCUT2D eigenvalue weighted by Gasteiger charge is 2.15. The van der Waals surface area contributed by atoms with Crippen LogP contribution in [0.5, 0.6) is 5.75 Å². The van der Waals surface area contributed by atoms with Crippen LogP contribution >= 0.6 is 0 Å². The zero-order chi connectivity index (χ0) is 19.4. The van der Waals surface area contributed by atoms with Crippen molar-refractivity contribution >= 4 is 28.5 Å². The number of nitrogens with one attached hydrogen (secondary N) is 1. The second kappa shape index (κ2) is 7.82. The Morgan fingerprint density at radius 1 is 1.19 bits per heavy atom. The van der Waals surface area contributed by atoms with Crippen LogP contribution in [-0.2, 0) is 4.79 Å². The van der Waals surface area contributed by atoms with Gasteiger partial charge in [-0.2, -0.15) is 0 Å². The van der Waals surface area contributed by atoms with Crippen molar-refractivity contribution in [1.82, 2.24) is 5.32 Å². The Balaban J connectivity index is 2.25. The van der Waals surface area contributed by atoms with Gasteiger partial charge in [-0.05, 0) is 43.3 Å². The molecule has 0 bridgehead atoms. The van der Waals surface area contributed by atoms with Crippen molar-refractivity contribution in [3.63, 3.8) is 0 Å². The van der Waals surface area contributed by atoms with Gasteiger partial charge in [0.15, 0.2) is 11.3 Å². The van der Waals surface area contributed by atoms with E-state index in [4.69, 9.17) is 9.15 Å². The molecule has 0 spiro atoms. The second-order valence-electron chi connectivity index (χ2n) is 5.67. The SMILES string of the molecule is CCOc1cccc2cc(C(=O)NC(C)=O)c(=Nc3ccc(F)cc3)oc12. The highest BCUT2D eigenvalue weighted by atomic mass is 19.1. The predicted molar refractivity (Wildman–Crippen MR) is 97.2 cm³/mol. The summed E-state index contributed by atoms with van der Waals surface area (Å²) in [6.07, 6.45) is 0. The highest BCUT2D eigenvalue weighted by Crippen LogP contribution is 2.25. The van der Waals surface area contributed by atoms with Crippen molar-refractivity contribution in [3.8, 4) is 5.75 Å². The van der Waals surface area contributed by atoms with Gasteiger partial charge in [-0.1, -0.05) is 12.1 Å². The Hall–Kier alpha value is -3.48. The van der Waals surface area contributed by atoms with Crippen LogP contribution in [0.25, 0.3) is 11.0 Å². The van der Waals surface area contributed by atoms with E-state index in [-0.39, 0.29) is 11.1 Å². The van der Waals surface area contributed by atoms with E-state index in [1.807, 2.05) is 6.92 Å². The fourth-order valence-corrected chi connectivity index (χ4v) is 2.50. The predicted octanol–water partition coefficient (Wildman–Crippen LogP) is 3.48. The third-order valence-corrected chi connectivity index (χ3v) is 3.63. The van der Waals surface area contributed by atoms with Gasteiger partial charge >= 0.3 is 0 Å². The largest absolute Gasteiger partial charge is 0.490 e. The number of carbonyl (C=O) groups excluding carboxylic acids is 2. The van der Waals surface area contributed by atoms with Crippen molar-refractivity contribution < 1.29 is 23.1 Å².